The van der Waals surface area contributed by atoms with Crippen LogP contribution < -0.4 is 5.32 Å². The fourth-order valence-corrected chi connectivity index (χ4v) is 2.35. The Bertz CT molecular complexity index is 307. The number of hydrogen-bond acceptors (Lipinski definition) is 4. The molecule has 4 heteroatoms. The van der Waals surface area contributed by atoms with Crippen molar-refractivity contribution in [1.29, 1.82) is 0 Å². The maximum absolute atomic E-state index is 4.52. The summed E-state index contributed by atoms with van der Waals surface area (Å²) >= 11 is 1.51. The molecule has 0 spiro atoms. The molecule has 2 rings (SSSR count). The lowest BCUT2D eigenvalue weighted by Crippen LogP contribution is -2.14. The van der Waals surface area contributed by atoms with E-state index in [0.717, 1.165) is 11.0 Å². The Hall–Kier alpha value is -0.640. The largest absolute Gasteiger partial charge is 0.358 e. The van der Waals surface area contributed by atoms with Crippen LogP contribution in [0.5, 0.6) is 0 Å². The highest BCUT2D eigenvalue weighted by molar-refractivity contribution is 7.09. The Morgan fingerprint density at radius 1 is 1.53 bits per heavy atom. The van der Waals surface area contributed by atoms with Gasteiger partial charge in [0, 0.05) is 23.5 Å². The second-order valence-corrected chi connectivity index (χ2v) is 5.17. The summed E-state index contributed by atoms with van der Waals surface area (Å²) in [5.74, 6) is 1.73. The van der Waals surface area contributed by atoms with E-state index in [-0.39, 0.29) is 0 Å². The van der Waals surface area contributed by atoms with Gasteiger partial charge >= 0.3 is 0 Å². The van der Waals surface area contributed by atoms with Crippen molar-refractivity contribution in [2.75, 3.05) is 5.32 Å². The molecule has 3 nitrogen and oxygen atoms in total. The predicted molar refractivity (Wildman–Crippen MR) is 64.5 cm³/mol. The van der Waals surface area contributed by atoms with Crippen LogP contribution in [0.2, 0.25) is 0 Å². The van der Waals surface area contributed by atoms with E-state index in [9.17, 15) is 0 Å². The van der Waals surface area contributed by atoms with Crippen LogP contribution in [0.25, 0.3) is 0 Å². The first-order valence-electron chi connectivity index (χ1n) is 5.89. The molecule has 0 radical (unpaired) electrons. The smallest absolute Gasteiger partial charge is 0.202 e. The van der Waals surface area contributed by atoms with Gasteiger partial charge in [0.05, 0.1) is 0 Å². The molecule has 1 aliphatic rings. The van der Waals surface area contributed by atoms with Crippen LogP contribution >= 0.6 is 11.5 Å². The van der Waals surface area contributed by atoms with Gasteiger partial charge in [-0.3, -0.25) is 0 Å². The normalized spacial score (nSPS) is 17.7. The lowest BCUT2D eigenvalue weighted by atomic mass is 10.1. The summed E-state index contributed by atoms with van der Waals surface area (Å²) in [6.45, 7) is 4.44. The van der Waals surface area contributed by atoms with E-state index < -0.39 is 0 Å². The number of hydrogen-bond donors (Lipinski definition) is 1. The van der Waals surface area contributed by atoms with E-state index in [1.54, 1.807) is 0 Å². The Morgan fingerprint density at radius 3 is 3.00 bits per heavy atom. The molecule has 15 heavy (non-hydrogen) atoms. The number of nitrogens with zero attached hydrogens (tertiary/aromatic N) is 2. The van der Waals surface area contributed by atoms with Crippen molar-refractivity contribution in [3.8, 4) is 0 Å². The third-order valence-corrected chi connectivity index (χ3v) is 3.41. The number of unbranched alkanes of at least 4 members (excludes halogenated alkanes) is 1. The highest BCUT2D eigenvalue weighted by Crippen LogP contribution is 2.39. The van der Waals surface area contributed by atoms with Crippen molar-refractivity contribution in [3.63, 3.8) is 0 Å². The van der Waals surface area contributed by atoms with Gasteiger partial charge in [0.15, 0.2) is 0 Å². The molecular formula is C11H19N3S. The molecule has 1 N–H and O–H groups in total. The van der Waals surface area contributed by atoms with Crippen LogP contribution in [0.15, 0.2) is 0 Å². The molecule has 0 bridgehead atoms. The van der Waals surface area contributed by atoms with Crippen molar-refractivity contribution in [3.05, 3.63) is 5.82 Å². The van der Waals surface area contributed by atoms with Crippen molar-refractivity contribution in [2.24, 2.45) is 0 Å². The number of aromatic nitrogens is 2. The van der Waals surface area contributed by atoms with E-state index >= 15 is 0 Å². The van der Waals surface area contributed by atoms with E-state index in [1.807, 2.05) is 0 Å². The van der Waals surface area contributed by atoms with Gasteiger partial charge in [0.2, 0.25) is 5.13 Å². The minimum absolute atomic E-state index is 0.518. The van der Waals surface area contributed by atoms with Gasteiger partial charge in [0.1, 0.15) is 5.82 Å². The zero-order valence-corrected chi connectivity index (χ0v) is 10.3. The zero-order valence-electron chi connectivity index (χ0n) is 9.49. The summed E-state index contributed by atoms with van der Waals surface area (Å²) < 4.78 is 4.38. The standard InChI is InChI=1S/C11H19N3S/c1-3-4-5-8(2)12-11-13-10(14-15-11)9-6-7-9/h8-9H,3-7H2,1-2H3,(H,12,13,14). The quantitative estimate of drug-likeness (QED) is 0.806. The second kappa shape index (κ2) is 4.92. The Labute approximate surface area is 95.5 Å². The Balaban J connectivity index is 1.81. The first kappa shape index (κ1) is 10.9. The maximum Gasteiger partial charge on any atom is 0.202 e. The van der Waals surface area contributed by atoms with Gasteiger partial charge in [-0.25, -0.2) is 4.98 Å². The summed E-state index contributed by atoms with van der Waals surface area (Å²) in [5.41, 5.74) is 0. The lowest BCUT2D eigenvalue weighted by molar-refractivity contribution is 0.644. The Morgan fingerprint density at radius 2 is 2.33 bits per heavy atom. The fraction of sp³-hybridized carbons (Fsp3) is 0.818. The summed E-state index contributed by atoms with van der Waals surface area (Å²) in [4.78, 5) is 4.52. The van der Waals surface area contributed by atoms with E-state index in [4.69, 9.17) is 0 Å². The summed E-state index contributed by atoms with van der Waals surface area (Å²) in [6.07, 6.45) is 6.32. The van der Waals surface area contributed by atoms with Gasteiger partial charge in [-0.05, 0) is 26.2 Å². The highest BCUT2D eigenvalue weighted by atomic mass is 32.1. The summed E-state index contributed by atoms with van der Waals surface area (Å²) in [6, 6.07) is 0.518. The molecular weight excluding hydrogens is 206 g/mol. The minimum Gasteiger partial charge on any atom is -0.358 e. The van der Waals surface area contributed by atoms with Gasteiger partial charge in [0.25, 0.3) is 0 Å². The van der Waals surface area contributed by atoms with E-state index in [1.165, 1.54) is 43.6 Å². The van der Waals surface area contributed by atoms with Crippen LogP contribution in [0.1, 0.15) is 57.7 Å². The fourth-order valence-electron chi connectivity index (χ4n) is 1.59. The molecule has 0 saturated heterocycles. The molecule has 1 aliphatic carbocycles. The first-order chi connectivity index (χ1) is 7.29. The maximum atomic E-state index is 4.52. The summed E-state index contributed by atoms with van der Waals surface area (Å²) in [7, 11) is 0. The van der Waals surface area contributed by atoms with Crippen molar-refractivity contribution >= 4 is 16.7 Å². The average Bonchev–Trinajstić information content (AvgIpc) is 2.98. The minimum atomic E-state index is 0.518. The van der Waals surface area contributed by atoms with Crippen molar-refractivity contribution in [2.45, 2.75) is 57.9 Å². The van der Waals surface area contributed by atoms with Gasteiger partial charge in [-0.15, -0.1) is 0 Å². The number of rotatable bonds is 6. The van der Waals surface area contributed by atoms with Crippen LogP contribution in [0.3, 0.4) is 0 Å². The van der Waals surface area contributed by atoms with Crippen LogP contribution in [0, 0.1) is 0 Å². The molecule has 1 aromatic heterocycles. The second-order valence-electron chi connectivity index (χ2n) is 4.42. The van der Waals surface area contributed by atoms with Crippen molar-refractivity contribution in [1.82, 2.24) is 9.36 Å². The van der Waals surface area contributed by atoms with Crippen molar-refractivity contribution < 1.29 is 0 Å². The predicted octanol–water partition coefficient (Wildman–Crippen LogP) is 3.41. The zero-order chi connectivity index (χ0) is 10.7. The molecule has 84 valence electrons. The summed E-state index contributed by atoms with van der Waals surface area (Å²) in [5, 5.41) is 4.43. The molecule has 1 atom stereocenters. The number of anilines is 1. The molecule has 1 fully saturated rings. The molecule has 0 amide bonds. The van der Waals surface area contributed by atoms with Gasteiger partial charge < -0.3 is 5.32 Å². The molecule has 0 aliphatic heterocycles. The topological polar surface area (TPSA) is 37.8 Å². The third kappa shape index (κ3) is 3.16. The molecule has 0 aromatic carbocycles. The van der Waals surface area contributed by atoms with Crippen LogP contribution in [-0.2, 0) is 0 Å². The Kier molecular flexibility index (Phi) is 3.57. The highest BCUT2D eigenvalue weighted by Gasteiger charge is 2.27. The van der Waals surface area contributed by atoms with Crippen LogP contribution in [-0.4, -0.2) is 15.4 Å². The molecule has 1 heterocycles. The molecule has 1 unspecified atom stereocenters. The molecule has 1 aromatic rings. The van der Waals surface area contributed by atoms with Gasteiger partial charge in [-0.1, -0.05) is 19.8 Å². The van der Waals surface area contributed by atoms with Crippen LogP contribution in [0.4, 0.5) is 5.13 Å². The van der Waals surface area contributed by atoms with E-state index in [0.29, 0.717) is 12.0 Å². The lowest BCUT2D eigenvalue weighted by Gasteiger charge is -2.10. The van der Waals surface area contributed by atoms with E-state index in [2.05, 4.69) is 28.5 Å². The average molecular weight is 225 g/mol. The SMILES string of the molecule is CCCCC(C)Nc1nc(C2CC2)ns1. The third-order valence-electron chi connectivity index (χ3n) is 2.74. The number of nitrogens with one attached hydrogen (secondary N) is 1. The monoisotopic (exact) mass is 225 g/mol. The molecule has 1 saturated carbocycles. The first-order valence-corrected chi connectivity index (χ1v) is 6.67. The van der Waals surface area contributed by atoms with Gasteiger partial charge in [-0.2, -0.15) is 4.37 Å².